The SMILES string of the molecule is COc1cccc2c(=O)n(CCO)c(=O)n(C)c12. The summed E-state index contributed by atoms with van der Waals surface area (Å²) in [5.74, 6) is 0.473. The van der Waals surface area contributed by atoms with Crippen molar-refractivity contribution in [2.75, 3.05) is 13.7 Å². The summed E-state index contributed by atoms with van der Waals surface area (Å²) in [5, 5.41) is 9.29. The number of aliphatic hydroxyl groups is 1. The molecule has 2 rings (SSSR count). The Balaban J connectivity index is 2.98. The molecule has 0 amide bonds. The molecule has 0 fully saturated rings. The van der Waals surface area contributed by atoms with Crippen molar-refractivity contribution in [1.82, 2.24) is 9.13 Å². The third kappa shape index (κ3) is 1.70. The van der Waals surface area contributed by atoms with E-state index in [1.807, 2.05) is 0 Å². The van der Waals surface area contributed by atoms with Crippen LogP contribution in [0.4, 0.5) is 0 Å². The van der Waals surface area contributed by atoms with E-state index in [9.17, 15) is 9.59 Å². The van der Waals surface area contributed by atoms with Gasteiger partial charge < -0.3 is 9.84 Å². The molecule has 1 N–H and O–H groups in total. The van der Waals surface area contributed by atoms with Gasteiger partial charge in [-0.05, 0) is 12.1 Å². The molecule has 1 heterocycles. The third-order valence-corrected chi connectivity index (χ3v) is 2.87. The van der Waals surface area contributed by atoms with Crippen LogP contribution >= 0.6 is 0 Å². The number of hydrogen-bond acceptors (Lipinski definition) is 4. The third-order valence-electron chi connectivity index (χ3n) is 2.87. The Bertz CT molecular complexity index is 700. The predicted molar refractivity (Wildman–Crippen MR) is 67.1 cm³/mol. The zero-order valence-electron chi connectivity index (χ0n) is 10.2. The summed E-state index contributed by atoms with van der Waals surface area (Å²) in [6.45, 7) is -0.275. The molecular weight excluding hydrogens is 236 g/mol. The lowest BCUT2D eigenvalue weighted by atomic mass is 10.2. The molecule has 1 aromatic heterocycles. The molecular formula is C12H14N2O4. The highest BCUT2D eigenvalue weighted by atomic mass is 16.5. The number of para-hydroxylation sites is 1. The Hall–Kier alpha value is -2.08. The Morgan fingerprint density at radius 1 is 1.33 bits per heavy atom. The maximum absolute atomic E-state index is 12.1. The van der Waals surface area contributed by atoms with E-state index in [0.717, 1.165) is 4.57 Å². The smallest absolute Gasteiger partial charge is 0.331 e. The minimum atomic E-state index is -0.467. The molecule has 18 heavy (non-hydrogen) atoms. The Kier molecular flexibility index (Phi) is 3.20. The second kappa shape index (κ2) is 4.66. The second-order valence-electron chi connectivity index (χ2n) is 3.88. The van der Waals surface area contributed by atoms with Crippen LogP contribution in [0.25, 0.3) is 10.9 Å². The molecule has 0 saturated carbocycles. The number of aryl methyl sites for hydroxylation is 1. The van der Waals surface area contributed by atoms with Crippen molar-refractivity contribution in [3.63, 3.8) is 0 Å². The summed E-state index contributed by atoms with van der Waals surface area (Å²) >= 11 is 0. The zero-order chi connectivity index (χ0) is 13.3. The van der Waals surface area contributed by atoms with E-state index >= 15 is 0 Å². The minimum absolute atomic E-state index is 0.0152. The van der Waals surface area contributed by atoms with E-state index in [2.05, 4.69) is 0 Å². The van der Waals surface area contributed by atoms with Gasteiger partial charge in [0.1, 0.15) is 11.3 Å². The Morgan fingerprint density at radius 3 is 2.67 bits per heavy atom. The molecule has 0 atom stereocenters. The number of rotatable bonds is 3. The number of aliphatic hydroxyl groups excluding tert-OH is 1. The minimum Gasteiger partial charge on any atom is -0.495 e. The van der Waals surface area contributed by atoms with Crippen molar-refractivity contribution >= 4 is 10.9 Å². The maximum atomic E-state index is 12.1. The van der Waals surface area contributed by atoms with Gasteiger partial charge in [0.05, 0.1) is 25.6 Å². The lowest BCUT2D eigenvalue weighted by molar-refractivity contribution is 0.271. The fourth-order valence-corrected chi connectivity index (χ4v) is 2.01. The molecule has 0 aliphatic heterocycles. The van der Waals surface area contributed by atoms with Crippen LogP contribution in [0.15, 0.2) is 27.8 Å². The molecule has 6 nitrogen and oxygen atoms in total. The van der Waals surface area contributed by atoms with Crippen molar-refractivity contribution in [3.8, 4) is 5.75 Å². The molecule has 0 aliphatic rings. The number of nitrogens with zero attached hydrogens (tertiary/aromatic N) is 2. The van der Waals surface area contributed by atoms with Gasteiger partial charge in [0, 0.05) is 7.05 Å². The maximum Gasteiger partial charge on any atom is 0.331 e. The van der Waals surface area contributed by atoms with Gasteiger partial charge in [-0.2, -0.15) is 0 Å². The number of aromatic nitrogens is 2. The normalized spacial score (nSPS) is 10.8. The van der Waals surface area contributed by atoms with Gasteiger partial charge in [0.15, 0.2) is 0 Å². The lowest BCUT2D eigenvalue weighted by Crippen LogP contribution is -2.39. The van der Waals surface area contributed by atoms with Crippen LogP contribution in [0.2, 0.25) is 0 Å². The second-order valence-corrected chi connectivity index (χ2v) is 3.88. The average Bonchev–Trinajstić information content (AvgIpc) is 2.40. The quantitative estimate of drug-likeness (QED) is 0.811. The topological polar surface area (TPSA) is 73.5 Å². The fourth-order valence-electron chi connectivity index (χ4n) is 2.01. The van der Waals surface area contributed by atoms with Crippen LogP contribution in [-0.2, 0) is 13.6 Å². The molecule has 0 unspecified atom stereocenters. The van der Waals surface area contributed by atoms with Gasteiger partial charge in [-0.15, -0.1) is 0 Å². The van der Waals surface area contributed by atoms with Crippen molar-refractivity contribution < 1.29 is 9.84 Å². The van der Waals surface area contributed by atoms with Crippen molar-refractivity contribution in [1.29, 1.82) is 0 Å². The van der Waals surface area contributed by atoms with Gasteiger partial charge in [-0.3, -0.25) is 13.9 Å². The number of ether oxygens (including phenoxy) is 1. The highest BCUT2D eigenvalue weighted by Crippen LogP contribution is 2.20. The van der Waals surface area contributed by atoms with Gasteiger partial charge >= 0.3 is 5.69 Å². The van der Waals surface area contributed by atoms with E-state index < -0.39 is 11.2 Å². The lowest BCUT2D eigenvalue weighted by Gasteiger charge is -2.12. The fraction of sp³-hybridized carbons (Fsp3) is 0.333. The first-order valence-electron chi connectivity index (χ1n) is 5.49. The van der Waals surface area contributed by atoms with Crippen molar-refractivity contribution in [2.45, 2.75) is 6.54 Å². The largest absolute Gasteiger partial charge is 0.495 e. The van der Waals surface area contributed by atoms with Gasteiger partial charge in [0.25, 0.3) is 5.56 Å². The zero-order valence-corrected chi connectivity index (χ0v) is 10.2. The number of fused-ring (bicyclic) bond motifs is 1. The molecule has 0 radical (unpaired) electrons. The van der Waals surface area contributed by atoms with E-state index in [1.54, 1.807) is 25.2 Å². The highest BCUT2D eigenvalue weighted by Gasteiger charge is 2.13. The van der Waals surface area contributed by atoms with Crippen LogP contribution in [0.5, 0.6) is 5.75 Å². The molecule has 96 valence electrons. The summed E-state index contributed by atoms with van der Waals surface area (Å²) in [5.41, 5.74) is -0.420. The van der Waals surface area contributed by atoms with Gasteiger partial charge in [-0.25, -0.2) is 4.79 Å². The van der Waals surface area contributed by atoms with Crippen LogP contribution in [0.1, 0.15) is 0 Å². The molecule has 0 spiro atoms. The molecule has 0 saturated heterocycles. The predicted octanol–water partition coefficient (Wildman–Crippen LogP) is -0.299. The van der Waals surface area contributed by atoms with Crippen LogP contribution in [-0.4, -0.2) is 28.0 Å². The summed E-state index contributed by atoms with van der Waals surface area (Å²) in [6.07, 6.45) is 0. The summed E-state index contributed by atoms with van der Waals surface area (Å²) in [4.78, 5) is 24.2. The Morgan fingerprint density at radius 2 is 2.06 bits per heavy atom. The number of methoxy groups -OCH3 is 1. The molecule has 1 aromatic carbocycles. The first-order valence-corrected chi connectivity index (χ1v) is 5.49. The van der Waals surface area contributed by atoms with Crippen LogP contribution < -0.4 is 16.0 Å². The molecule has 0 aliphatic carbocycles. The highest BCUT2D eigenvalue weighted by molar-refractivity contribution is 5.84. The number of hydrogen-bond donors (Lipinski definition) is 1. The first kappa shape index (κ1) is 12.4. The first-order chi connectivity index (χ1) is 8.61. The summed E-state index contributed by atoms with van der Waals surface area (Å²) < 4.78 is 7.53. The standard InChI is InChI=1S/C12H14N2O4/c1-13-10-8(4-3-5-9(10)18-2)11(16)14(6-7-15)12(13)17/h3-5,15H,6-7H2,1-2H3. The van der Waals surface area contributed by atoms with Crippen molar-refractivity contribution in [2.24, 2.45) is 7.05 Å². The molecule has 0 bridgehead atoms. The van der Waals surface area contributed by atoms with E-state index in [1.165, 1.54) is 11.7 Å². The van der Waals surface area contributed by atoms with Gasteiger partial charge in [0.2, 0.25) is 0 Å². The monoisotopic (exact) mass is 250 g/mol. The summed E-state index contributed by atoms with van der Waals surface area (Å²) in [7, 11) is 3.05. The van der Waals surface area contributed by atoms with E-state index in [0.29, 0.717) is 16.7 Å². The molecule has 2 aromatic rings. The van der Waals surface area contributed by atoms with Gasteiger partial charge in [-0.1, -0.05) is 6.07 Å². The average molecular weight is 250 g/mol. The van der Waals surface area contributed by atoms with E-state index in [-0.39, 0.29) is 13.2 Å². The summed E-state index contributed by atoms with van der Waals surface area (Å²) in [6, 6.07) is 5.02. The number of benzene rings is 1. The van der Waals surface area contributed by atoms with Crippen LogP contribution in [0, 0.1) is 0 Å². The Labute approximate surface area is 103 Å². The van der Waals surface area contributed by atoms with E-state index in [4.69, 9.17) is 9.84 Å². The van der Waals surface area contributed by atoms with Crippen LogP contribution in [0.3, 0.4) is 0 Å². The molecule has 6 heteroatoms. The van der Waals surface area contributed by atoms with Crippen molar-refractivity contribution in [3.05, 3.63) is 39.0 Å².